The first-order valence-corrected chi connectivity index (χ1v) is 5.33. The van der Waals surface area contributed by atoms with Crippen molar-refractivity contribution in [2.75, 3.05) is 39.8 Å². The van der Waals surface area contributed by atoms with Gasteiger partial charge < -0.3 is 15.3 Å². The van der Waals surface area contributed by atoms with Gasteiger partial charge in [-0.25, -0.2) is 0 Å². The van der Waals surface area contributed by atoms with Crippen molar-refractivity contribution in [3.63, 3.8) is 0 Å². The lowest BCUT2D eigenvalue weighted by Gasteiger charge is -2.10. The van der Waals surface area contributed by atoms with Crippen molar-refractivity contribution in [2.45, 2.75) is 19.3 Å². The number of aliphatic hydroxyl groups is 1. The second-order valence-corrected chi connectivity index (χ2v) is 4.03. The molecule has 1 saturated heterocycles. The molecular weight excluding hydrogens is 164 g/mol. The maximum Gasteiger partial charge on any atom is 0.0443 e. The zero-order valence-corrected chi connectivity index (χ0v) is 8.63. The summed E-state index contributed by atoms with van der Waals surface area (Å²) >= 11 is 0. The van der Waals surface area contributed by atoms with Crippen LogP contribution < -0.4 is 5.32 Å². The van der Waals surface area contributed by atoms with Gasteiger partial charge in [-0.05, 0) is 51.9 Å². The Kier molecular flexibility index (Phi) is 5.35. The molecule has 1 aliphatic heterocycles. The Hall–Kier alpha value is -0.120. The van der Waals surface area contributed by atoms with Crippen LogP contribution in [0.25, 0.3) is 0 Å². The summed E-state index contributed by atoms with van der Waals surface area (Å²) in [6.07, 6.45) is 3.53. The highest BCUT2D eigenvalue weighted by Crippen LogP contribution is 2.16. The molecule has 0 amide bonds. The second kappa shape index (κ2) is 6.35. The molecule has 0 aromatic rings. The van der Waals surface area contributed by atoms with E-state index in [9.17, 15) is 0 Å². The van der Waals surface area contributed by atoms with Crippen molar-refractivity contribution in [3.05, 3.63) is 0 Å². The van der Waals surface area contributed by atoms with Gasteiger partial charge >= 0.3 is 0 Å². The predicted octanol–water partition coefficient (Wildman–Crippen LogP) is 0.300. The summed E-state index contributed by atoms with van der Waals surface area (Å²) < 4.78 is 0. The Bertz CT molecular complexity index is 130. The zero-order valence-electron chi connectivity index (χ0n) is 8.63. The third-order valence-corrected chi connectivity index (χ3v) is 2.73. The molecule has 0 aromatic carbocycles. The fourth-order valence-corrected chi connectivity index (χ4v) is 1.90. The molecule has 3 nitrogen and oxygen atoms in total. The summed E-state index contributed by atoms with van der Waals surface area (Å²) in [4.78, 5) is 2.40. The van der Waals surface area contributed by atoms with Crippen molar-refractivity contribution in [3.8, 4) is 0 Å². The Labute approximate surface area is 81.1 Å². The highest BCUT2D eigenvalue weighted by Gasteiger charge is 2.18. The third kappa shape index (κ3) is 4.60. The highest BCUT2D eigenvalue weighted by atomic mass is 16.3. The van der Waals surface area contributed by atoms with E-state index in [0.717, 1.165) is 25.4 Å². The number of likely N-dealkylation sites (tertiary alicyclic amines) is 1. The molecule has 1 aliphatic rings. The third-order valence-electron chi connectivity index (χ3n) is 2.73. The van der Waals surface area contributed by atoms with Crippen LogP contribution in [0.15, 0.2) is 0 Å². The van der Waals surface area contributed by atoms with Crippen molar-refractivity contribution >= 4 is 0 Å². The van der Waals surface area contributed by atoms with E-state index in [1.54, 1.807) is 0 Å². The van der Waals surface area contributed by atoms with E-state index in [4.69, 9.17) is 5.11 Å². The second-order valence-electron chi connectivity index (χ2n) is 4.03. The minimum absolute atomic E-state index is 0.305. The monoisotopic (exact) mass is 186 g/mol. The summed E-state index contributed by atoms with van der Waals surface area (Å²) in [7, 11) is 2.19. The number of hydrogen-bond donors (Lipinski definition) is 2. The molecule has 3 heteroatoms. The number of nitrogens with zero attached hydrogens (tertiary/aromatic N) is 1. The van der Waals surface area contributed by atoms with Crippen LogP contribution in [0.4, 0.5) is 0 Å². The smallest absolute Gasteiger partial charge is 0.0443 e. The number of aliphatic hydroxyl groups excluding tert-OH is 1. The van der Waals surface area contributed by atoms with E-state index in [0.29, 0.717) is 6.61 Å². The average Bonchev–Trinajstić information content (AvgIpc) is 2.51. The molecule has 1 unspecified atom stereocenters. The molecule has 0 aromatic heterocycles. The number of hydrogen-bond acceptors (Lipinski definition) is 3. The molecule has 0 bridgehead atoms. The molecule has 0 aliphatic carbocycles. The Morgan fingerprint density at radius 1 is 1.46 bits per heavy atom. The van der Waals surface area contributed by atoms with Gasteiger partial charge in [-0.1, -0.05) is 0 Å². The van der Waals surface area contributed by atoms with E-state index in [2.05, 4.69) is 17.3 Å². The van der Waals surface area contributed by atoms with Gasteiger partial charge in [0.25, 0.3) is 0 Å². The van der Waals surface area contributed by atoms with E-state index >= 15 is 0 Å². The minimum Gasteiger partial charge on any atom is -0.396 e. The summed E-state index contributed by atoms with van der Waals surface area (Å²) in [6, 6.07) is 0. The lowest BCUT2D eigenvalue weighted by atomic mass is 10.1. The van der Waals surface area contributed by atoms with Crippen LogP contribution in [0.5, 0.6) is 0 Å². The van der Waals surface area contributed by atoms with Crippen molar-refractivity contribution in [2.24, 2.45) is 5.92 Å². The largest absolute Gasteiger partial charge is 0.396 e. The highest BCUT2D eigenvalue weighted by molar-refractivity contribution is 4.73. The van der Waals surface area contributed by atoms with E-state index < -0.39 is 0 Å². The van der Waals surface area contributed by atoms with Crippen molar-refractivity contribution in [1.29, 1.82) is 0 Å². The van der Waals surface area contributed by atoms with Crippen molar-refractivity contribution in [1.82, 2.24) is 10.2 Å². The van der Waals surface area contributed by atoms with E-state index in [-0.39, 0.29) is 0 Å². The van der Waals surface area contributed by atoms with Gasteiger partial charge in [0.2, 0.25) is 0 Å². The van der Waals surface area contributed by atoms with Crippen LogP contribution in [-0.4, -0.2) is 49.8 Å². The lowest BCUT2D eigenvalue weighted by molar-refractivity contribution is 0.285. The Balaban J connectivity index is 1.88. The molecule has 1 rings (SSSR count). The molecule has 78 valence electrons. The molecule has 0 saturated carbocycles. The Morgan fingerprint density at radius 3 is 2.92 bits per heavy atom. The normalized spacial score (nSPS) is 24.0. The molecule has 13 heavy (non-hydrogen) atoms. The molecular formula is C10H22N2O. The molecule has 0 radical (unpaired) electrons. The van der Waals surface area contributed by atoms with Crippen LogP contribution in [-0.2, 0) is 0 Å². The zero-order chi connectivity index (χ0) is 9.52. The number of rotatable bonds is 6. The molecule has 1 fully saturated rings. The summed E-state index contributed by atoms with van der Waals surface area (Å²) in [6.45, 7) is 4.90. The van der Waals surface area contributed by atoms with Crippen LogP contribution >= 0.6 is 0 Å². The molecule has 1 atom stereocenters. The van der Waals surface area contributed by atoms with E-state index in [1.165, 1.54) is 25.9 Å². The van der Waals surface area contributed by atoms with Gasteiger partial charge in [0.15, 0.2) is 0 Å². The van der Waals surface area contributed by atoms with Gasteiger partial charge in [0.1, 0.15) is 0 Å². The van der Waals surface area contributed by atoms with Gasteiger partial charge in [0, 0.05) is 13.2 Å². The first kappa shape index (κ1) is 11.0. The lowest BCUT2D eigenvalue weighted by Crippen LogP contribution is -2.21. The van der Waals surface area contributed by atoms with E-state index in [1.807, 2.05) is 0 Å². The maximum absolute atomic E-state index is 8.57. The van der Waals surface area contributed by atoms with Crippen LogP contribution in [0.2, 0.25) is 0 Å². The first-order valence-electron chi connectivity index (χ1n) is 5.33. The van der Waals surface area contributed by atoms with Gasteiger partial charge in [-0.2, -0.15) is 0 Å². The van der Waals surface area contributed by atoms with Crippen LogP contribution in [0, 0.1) is 5.92 Å². The van der Waals surface area contributed by atoms with Gasteiger partial charge in [-0.3, -0.25) is 0 Å². The molecule has 2 N–H and O–H groups in total. The SMILES string of the molecule is CN1CCC(CCNCCCO)C1. The molecule has 0 spiro atoms. The average molecular weight is 186 g/mol. The first-order chi connectivity index (χ1) is 6.33. The topological polar surface area (TPSA) is 35.5 Å². The van der Waals surface area contributed by atoms with Crippen LogP contribution in [0.1, 0.15) is 19.3 Å². The van der Waals surface area contributed by atoms with Crippen LogP contribution in [0.3, 0.4) is 0 Å². The summed E-state index contributed by atoms with van der Waals surface area (Å²) in [5, 5.41) is 11.9. The van der Waals surface area contributed by atoms with Crippen molar-refractivity contribution < 1.29 is 5.11 Å². The minimum atomic E-state index is 0.305. The summed E-state index contributed by atoms with van der Waals surface area (Å²) in [5.41, 5.74) is 0. The maximum atomic E-state index is 8.57. The summed E-state index contributed by atoms with van der Waals surface area (Å²) in [5.74, 6) is 0.895. The molecule has 1 heterocycles. The van der Waals surface area contributed by atoms with Gasteiger partial charge in [-0.15, -0.1) is 0 Å². The van der Waals surface area contributed by atoms with Gasteiger partial charge in [0.05, 0.1) is 0 Å². The quantitative estimate of drug-likeness (QED) is 0.586. The predicted molar refractivity (Wildman–Crippen MR) is 54.8 cm³/mol. The fourth-order valence-electron chi connectivity index (χ4n) is 1.90. The fraction of sp³-hybridized carbons (Fsp3) is 1.00. The Morgan fingerprint density at radius 2 is 2.31 bits per heavy atom. The number of nitrogens with one attached hydrogen (secondary N) is 1. The standard InChI is InChI=1S/C10H22N2O/c1-12-7-4-10(9-12)3-6-11-5-2-8-13/h10-11,13H,2-9H2,1H3.